The predicted octanol–water partition coefficient (Wildman–Crippen LogP) is 2.40. The lowest BCUT2D eigenvalue weighted by molar-refractivity contribution is 0.0211. The SMILES string of the molecule is [Si]C1C2CC3CC(C2)CC1C3. The first-order valence-corrected chi connectivity index (χ1v) is 5.62. The van der Waals surface area contributed by atoms with E-state index in [1.807, 2.05) is 0 Å². The maximum absolute atomic E-state index is 3.93. The third-order valence-corrected chi connectivity index (χ3v) is 5.17. The first kappa shape index (κ1) is 6.70. The standard InChI is InChI=1S/C10H15Si/c11-10-8-2-6-1-7(4-8)5-9(10)3-6/h6-10H,1-5H2. The normalized spacial score (nSPS) is 60.3. The van der Waals surface area contributed by atoms with E-state index in [0.717, 1.165) is 29.2 Å². The zero-order valence-electron chi connectivity index (χ0n) is 6.92. The molecule has 0 N–H and O–H groups in total. The van der Waals surface area contributed by atoms with E-state index in [-0.39, 0.29) is 0 Å². The Morgan fingerprint density at radius 3 is 1.64 bits per heavy atom. The van der Waals surface area contributed by atoms with Gasteiger partial charge in [-0.25, -0.2) is 0 Å². The average Bonchev–Trinajstić information content (AvgIpc) is 1.98. The van der Waals surface area contributed by atoms with Crippen molar-refractivity contribution in [3.63, 3.8) is 0 Å². The second-order valence-corrected chi connectivity index (χ2v) is 5.62. The van der Waals surface area contributed by atoms with Crippen LogP contribution in [0.5, 0.6) is 0 Å². The van der Waals surface area contributed by atoms with Crippen LogP contribution < -0.4 is 0 Å². The molecule has 0 aromatic rings. The minimum atomic E-state index is 0.891. The van der Waals surface area contributed by atoms with Gasteiger partial charge in [-0.2, -0.15) is 0 Å². The van der Waals surface area contributed by atoms with Gasteiger partial charge in [-0.1, -0.05) is 0 Å². The summed E-state index contributed by atoms with van der Waals surface area (Å²) in [6.45, 7) is 0. The molecule has 0 aromatic carbocycles. The largest absolute Gasteiger partial charge is 0.0476 e. The maximum Gasteiger partial charge on any atom is 0.0273 e. The van der Waals surface area contributed by atoms with Crippen LogP contribution in [0.1, 0.15) is 32.1 Å². The van der Waals surface area contributed by atoms with Crippen LogP contribution in [0.4, 0.5) is 0 Å². The summed E-state index contributed by atoms with van der Waals surface area (Å²) < 4.78 is 0. The molecule has 4 saturated carbocycles. The van der Waals surface area contributed by atoms with Gasteiger partial charge in [-0.15, -0.1) is 0 Å². The van der Waals surface area contributed by atoms with Crippen LogP contribution in [0.3, 0.4) is 0 Å². The van der Waals surface area contributed by atoms with Crippen LogP contribution in [0.25, 0.3) is 0 Å². The molecular weight excluding hydrogens is 148 g/mol. The van der Waals surface area contributed by atoms with Crippen molar-refractivity contribution in [3.8, 4) is 0 Å². The van der Waals surface area contributed by atoms with Crippen LogP contribution in [-0.4, -0.2) is 10.2 Å². The lowest BCUT2D eigenvalue weighted by Gasteiger charge is -2.53. The van der Waals surface area contributed by atoms with E-state index in [4.69, 9.17) is 0 Å². The Hall–Kier alpha value is 0.217. The molecule has 11 heavy (non-hydrogen) atoms. The van der Waals surface area contributed by atoms with E-state index < -0.39 is 0 Å². The van der Waals surface area contributed by atoms with Gasteiger partial charge in [-0.05, 0) is 61.3 Å². The Balaban J connectivity index is 1.91. The molecule has 0 nitrogen and oxygen atoms in total. The van der Waals surface area contributed by atoms with Gasteiger partial charge in [0.2, 0.25) is 0 Å². The number of hydrogen-bond donors (Lipinski definition) is 0. The van der Waals surface area contributed by atoms with Gasteiger partial charge in [0.25, 0.3) is 0 Å². The number of hydrogen-bond acceptors (Lipinski definition) is 0. The van der Waals surface area contributed by atoms with Crippen molar-refractivity contribution in [2.45, 2.75) is 37.6 Å². The molecule has 59 valence electrons. The summed E-state index contributed by atoms with van der Waals surface area (Å²) in [4.78, 5) is 0. The van der Waals surface area contributed by atoms with Crippen molar-refractivity contribution in [2.24, 2.45) is 23.7 Å². The first-order chi connectivity index (χ1) is 5.33. The van der Waals surface area contributed by atoms with Crippen molar-refractivity contribution < 1.29 is 0 Å². The summed E-state index contributed by atoms with van der Waals surface area (Å²) >= 11 is 0. The van der Waals surface area contributed by atoms with Crippen LogP contribution in [0.15, 0.2) is 0 Å². The quantitative estimate of drug-likeness (QED) is 0.481. The van der Waals surface area contributed by atoms with Gasteiger partial charge in [0.15, 0.2) is 0 Å². The summed E-state index contributed by atoms with van der Waals surface area (Å²) in [5.74, 6) is 4.38. The Morgan fingerprint density at radius 1 is 0.727 bits per heavy atom. The molecule has 0 atom stereocenters. The third kappa shape index (κ3) is 0.866. The molecule has 4 rings (SSSR count). The highest BCUT2D eigenvalue weighted by Gasteiger charge is 2.45. The predicted molar refractivity (Wildman–Crippen MR) is 46.5 cm³/mol. The lowest BCUT2D eigenvalue weighted by atomic mass is 9.56. The smallest absolute Gasteiger partial charge is 0.0273 e. The molecule has 4 bridgehead atoms. The molecule has 0 amide bonds. The van der Waals surface area contributed by atoms with Gasteiger partial charge >= 0.3 is 0 Å². The summed E-state index contributed by atoms with van der Waals surface area (Å²) in [6, 6.07) is 0. The van der Waals surface area contributed by atoms with Gasteiger partial charge in [0.1, 0.15) is 0 Å². The fourth-order valence-corrected chi connectivity index (χ4v) is 4.47. The van der Waals surface area contributed by atoms with Crippen LogP contribution in [0, 0.1) is 23.7 Å². The highest BCUT2D eigenvalue weighted by atomic mass is 28.1. The van der Waals surface area contributed by atoms with Crippen LogP contribution in [-0.2, 0) is 0 Å². The third-order valence-electron chi connectivity index (χ3n) is 4.23. The van der Waals surface area contributed by atoms with E-state index in [1.165, 1.54) is 0 Å². The Labute approximate surface area is 72.2 Å². The molecule has 0 saturated heterocycles. The minimum absolute atomic E-state index is 0.891. The summed E-state index contributed by atoms with van der Waals surface area (Å²) in [6.07, 6.45) is 7.75. The van der Waals surface area contributed by atoms with E-state index >= 15 is 0 Å². The maximum atomic E-state index is 3.93. The molecular formula is C10H15Si. The topological polar surface area (TPSA) is 0 Å². The average molecular weight is 163 g/mol. The highest BCUT2D eigenvalue weighted by Crippen LogP contribution is 2.57. The van der Waals surface area contributed by atoms with Crippen LogP contribution >= 0.6 is 0 Å². The lowest BCUT2D eigenvalue weighted by Crippen LogP contribution is -2.42. The van der Waals surface area contributed by atoms with Crippen molar-refractivity contribution >= 4 is 10.2 Å². The van der Waals surface area contributed by atoms with Gasteiger partial charge in [0.05, 0.1) is 0 Å². The monoisotopic (exact) mass is 163 g/mol. The van der Waals surface area contributed by atoms with Crippen molar-refractivity contribution in [2.75, 3.05) is 0 Å². The fourth-order valence-electron chi connectivity index (χ4n) is 3.93. The zero-order chi connectivity index (χ0) is 7.42. The van der Waals surface area contributed by atoms with Crippen molar-refractivity contribution in [1.82, 2.24) is 0 Å². The summed E-state index contributed by atoms with van der Waals surface area (Å²) in [7, 11) is 3.93. The van der Waals surface area contributed by atoms with E-state index in [0.29, 0.717) is 0 Å². The molecule has 4 aliphatic rings. The Bertz CT molecular complexity index is 148. The molecule has 0 heterocycles. The fraction of sp³-hybridized carbons (Fsp3) is 1.00. The summed E-state index contributed by atoms with van der Waals surface area (Å²) in [5, 5.41) is 0. The van der Waals surface area contributed by atoms with Gasteiger partial charge in [0, 0.05) is 10.2 Å². The van der Waals surface area contributed by atoms with E-state index in [9.17, 15) is 0 Å². The molecule has 0 aliphatic heterocycles. The van der Waals surface area contributed by atoms with Gasteiger partial charge in [-0.3, -0.25) is 0 Å². The second kappa shape index (κ2) is 2.12. The Morgan fingerprint density at radius 2 is 1.18 bits per heavy atom. The zero-order valence-corrected chi connectivity index (χ0v) is 7.92. The minimum Gasteiger partial charge on any atom is -0.0476 e. The Kier molecular flexibility index (Phi) is 1.29. The molecule has 0 unspecified atom stereocenters. The highest BCUT2D eigenvalue weighted by molar-refractivity contribution is 6.12. The first-order valence-electron chi connectivity index (χ1n) is 5.04. The molecule has 0 spiro atoms. The number of rotatable bonds is 0. The molecule has 3 radical (unpaired) electrons. The van der Waals surface area contributed by atoms with Gasteiger partial charge < -0.3 is 0 Å². The van der Waals surface area contributed by atoms with Crippen molar-refractivity contribution in [1.29, 1.82) is 0 Å². The molecule has 4 fully saturated rings. The molecule has 4 aliphatic carbocycles. The van der Waals surface area contributed by atoms with E-state index in [2.05, 4.69) is 10.2 Å². The summed E-state index contributed by atoms with van der Waals surface area (Å²) in [5.41, 5.74) is 0.891. The van der Waals surface area contributed by atoms with Crippen molar-refractivity contribution in [3.05, 3.63) is 0 Å². The van der Waals surface area contributed by atoms with E-state index in [1.54, 1.807) is 32.1 Å². The second-order valence-electron chi connectivity index (χ2n) is 4.96. The molecule has 1 heteroatoms. The molecule has 0 aromatic heterocycles. The van der Waals surface area contributed by atoms with Crippen LogP contribution in [0.2, 0.25) is 5.54 Å².